The highest BCUT2D eigenvalue weighted by Gasteiger charge is 2.40. The lowest BCUT2D eigenvalue weighted by atomic mass is 10.00. The van der Waals surface area contributed by atoms with Crippen LogP contribution in [0.5, 0.6) is 0 Å². The molecule has 4 aromatic rings. The van der Waals surface area contributed by atoms with E-state index in [0.717, 1.165) is 4.90 Å². The van der Waals surface area contributed by atoms with Gasteiger partial charge in [0.15, 0.2) is 11.3 Å². The molecule has 0 radical (unpaired) electrons. The van der Waals surface area contributed by atoms with E-state index in [1.54, 1.807) is 38.4 Å². The smallest absolute Gasteiger partial charge is 0.291 e. The predicted molar refractivity (Wildman–Crippen MR) is 132 cm³/mol. The Hall–Kier alpha value is -4.54. The number of likely N-dealkylation sites (N-methyl/N-ethyl adjacent to an activating group) is 1. The van der Waals surface area contributed by atoms with Gasteiger partial charge in [-0.05, 0) is 26.0 Å². The summed E-state index contributed by atoms with van der Waals surface area (Å²) in [5.74, 6) is -1.88. The van der Waals surface area contributed by atoms with Crippen molar-refractivity contribution in [1.82, 2.24) is 25.1 Å². The van der Waals surface area contributed by atoms with Gasteiger partial charge in [0.05, 0.1) is 11.8 Å². The van der Waals surface area contributed by atoms with E-state index in [2.05, 4.69) is 15.3 Å². The molecule has 37 heavy (non-hydrogen) atoms. The molecule has 0 fully saturated rings. The third-order valence-electron chi connectivity index (χ3n) is 5.92. The van der Waals surface area contributed by atoms with Crippen LogP contribution >= 0.6 is 0 Å². The molecule has 1 N–H and O–H groups in total. The van der Waals surface area contributed by atoms with Crippen molar-refractivity contribution in [2.45, 2.75) is 25.9 Å². The van der Waals surface area contributed by atoms with E-state index in [1.165, 1.54) is 49.5 Å². The van der Waals surface area contributed by atoms with Crippen LogP contribution in [0.25, 0.3) is 22.6 Å². The van der Waals surface area contributed by atoms with E-state index >= 15 is 0 Å². The minimum atomic E-state index is -1.50. The monoisotopic (exact) mass is 507 g/mol. The lowest BCUT2D eigenvalue weighted by molar-refractivity contribution is -0.135. The molecular weight excluding hydrogens is 481 g/mol. The molecule has 3 aromatic heterocycles. The topological polar surface area (TPSA) is 122 Å². The molecule has 3 heterocycles. The molecule has 0 saturated carbocycles. The first-order valence-corrected chi connectivity index (χ1v) is 11.4. The van der Waals surface area contributed by atoms with Crippen LogP contribution in [0.3, 0.4) is 0 Å². The maximum atomic E-state index is 14.0. The number of amides is 3. The molecule has 4 rings (SSSR count). The lowest BCUT2D eigenvalue weighted by Gasteiger charge is -2.36. The second kappa shape index (κ2) is 10.2. The quantitative estimate of drug-likeness (QED) is 0.389. The van der Waals surface area contributed by atoms with Crippen LogP contribution in [-0.2, 0) is 16.1 Å². The largest absolute Gasteiger partial charge is 0.449 e. The van der Waals surface area contributed by atoms with E-state index in [9.17, 15) is 18.8 Å². The molecule has 0 unspecified atom stereocenters. The van der Waals surface area contributed by atoms with Crippen molar-refractivity contribution in [1.29, 1.82) is 0 Å². The van der Waals surface area contributed by atoms with Crippen LogP contribution < -0.4 is 5.32 Å². The number of nitrogens with zero attached hydrogens (tertiary/aromatic N) is 4. The second-order valence-electron chi connectivity index (χ2n) is 9.07. The molecule has 1 aromatic carbocycles. The molecular formula is C26H26FN5O5. The van der Waals surface area contributed by atoms with E-state index in [4.69, 9.17) is 8.83 Å². The van der Waals surface area contributed by atoms with E-state index in [-0.39, 0.29) is 12.3 Å². The first-order chi connectivity index (χ1) is 17.6. The SMILES string of the molecule is CN(C)C(=O)CN(C(=O)c1cc2ncc(-c3ncco3)cc2o1)C(C)(C)C(=O)NCc1ccccc1F. The third-order valence-corrected chi connectivity index (χ3v) is 5.92. The number of pyridine rings is 1. The second-order valence-corrected chi connectivity index (χ2v) is 9.07. The number of hydrogen-bond acceptors (Lipinski definition) is 7. The molecule has 0 bridgehead atoms. The van der Waals surface area contributed by atoms with Crippen molar-refractivity contribution < 1.29 is 27.6 Å². The molecule has 192 valence electrons. The van der Waals surface area contributed by atoms with Gasteiger partial charge < -0.3 is 24.0 Å². The molecule has 11 heteroatoms. The van der Waals surface area contributed by atoms with Crippen molar-refractivity contribution in [3.8, 4) is 11.5 Å². The fraction of sp³-hybridized carbons (Fsp3) is 0.269. The first kappa shape index (κ1) is 25.5. The molecule has 0 aliphatic rings. The van der Waals surface area contributed by atoms with Crippen molar-refractivity contribution in [2.24, 2.45) is 0 Å². The van der Waals surface area contributed by atoms with Gasteiger partial charge in [-0.1, -0.05) is 18.2 Å². The van der Waals surface area contributed by atoms with Gasteiger partial charge in [0.1, 0.15) is 29.7 Å². The summed E-state index contributed by atoms with van der Waals surface area (Å²) in [6.07, 6.45) is 4.45. The number of benzene rings is 1. The Kier molecular flexibility index (Phi) is 7.05. The van der Waals surface area contributed by atoms with Crippen molar-refractivity contribution in [3.63, 3.8) is 0 Å². The standard InChI is InChI=1S/C26H26FN5O5/c1-26(2,25(35)30-13-16-7-5-6-8-18(16)27)32(15-22(33)31(3)4)24(34)21-12-19-20(37-21)11-17(14-29-19)23-28-9-10-36-23/h5-12,14H,13,15H2,1-4H3,(H,30,35). The summed E-state index contributed by atoms with van der Waals surface area (Å²) < 4.78 is 25.1. The maximum absolute atomic E-state index is 14.0. The highest BCUT2D eigenvalue weighted by Crippen LogP contribution is 2.26. The van der Waals surface area contributed by atoms with Crippen LogP contribution in [0.4, 0.5) is 4.39 Å². The Morgan fingerprint density at radius 3 is 2.54 bits per heavy atom. The molecule has 0 atom stereocenters. The fourth-order valence-corrected chi connectivity index (χ4v) is 3.59. The fourth-order valence-electron chi connectivity index (χ4n) is 3.59. The summed E-state index contributed by atoms with van der Waals surface area (Å²) in [5.41, 5.74) is 0.0560. The Balaban J connectivity index is 1.62. The van der Waals surface area contributed by atoms with E-state index < -0.39 is 35.6 Å². The number of carbonyl (C=O) groups is 3. The molecule has 0 aliphatic heterocycles. The number of aromatic nitrogens is 2. The number of fused-ring (bicyclic) bond motifs is 1. The molecule has 0 spiro atoms. The van der Waals surface area contributed by atoms with Gasteiger partial charge in [-0.15, -0.1) is 0 Å². The summed E-state index contributed by atoms with van der Waals surface area (Å²) in [6.45, 7) is 2.53. The van der Waals surface area contributed by atoms with Gasteiger partial charge in [-0.3, -0.25) is 19.4 Å². The molecule has 0 saturated heterocycles. The van der Waals surface area contributed by atoms with Gasteiger partial charge in [0.25, 0.3) is 5.91 Å². The number of carbonyl (C=O) groups excluding carboxylic acids is 3. The molecule has 0 aliphatic carbocycles. The first-order valence-electron chi connectivity index (χ1n) is 11.4. The van der Waals surface area contributed by atoms with Crippen LogP contribution in [0.15, 0.2) is 63.9 Å². The molecule has 3 amide bonds. The summed E-state index contributed by atoms with van der Waals surface area (Å²) >= 11 is 0. The van der Waals surface area contributed by atoms with Gasteiger partial charge in [-0.2, -0.15) is 0 Å². The Morgan fingerprint density at radius 1 is 1.11 bits per heavy atom. The van der Waals surface area contributed by atoms with Gasteiger partial charge in [0, 0.05) is 38.5 Å². The predicted octanol–water partition coefficient (Wildman–Crippen LogP) is 3.25. The summed E-state index contributed by atoms with van der Waals surface area (Å²) in [4.78, 5) is 50.3. The highest BCUT2D eigenvalue weighted by molar-refractivity contribution is 6.01. The lowest BCUT2D eigenvalue weighted by Crippen LogP contribution is -2.59. The van der Waals surface area contributed by atoms with Crippen LogP contribution in [-0.4, -0.2) is 63.7 Å². The molecule has 10 nitrogen and oxygen atoms in total. The average molecular weight is 508 g/mol. The maximum Gasteiger partial charge on any atom is 0.291 e. The third kappa shape index (κ3) is 5.35. The Bertz CT molecular complexity index is 1440. The number of hydrogen-bond donors (Lipinski definition) is 1. The Morgan fingerprint density at radius 2 is 1.86 bits per heavy atom. The minimum absolute atomic E-state index is 0.0866. The zero-order valence-corrected chi connectivity index (χ0v) is 20.8. The van der Waals surface area contributed by atoms with E-state index in [0.29, 0.717) is 28.1 Å². The Labute approximate surface area is 212 Å². The zero-order chi connectivity index (χ0) is 26.7. The van der Waals surface area contributed by atoms with Crippen LogP contribution in [0, 0.1) is 5.82 Å². The number of halogens is 1. The number of furan rings is 1. The van der Waals surface area contributed by atoms with Crippen molar-refractivity contribution in [3.05, 3.63) is 72.2 Å². The van der Waals surface area contributed by atoms with Gasteiger partial charge in [-0.25, -0.2) is 9.37 Å². The zero-order valence-electron chi connectivity index (χ0n) is 20.8. The number of rotatable bonds is 8. The minimum Gasteiger partial charge on any atom is -0.449 e. The number of nitrogens with one attached hydrogen (secondary N) is 1. The van der Waals surface area contributed by atoms with Gasteiger partial charge in [0.2, 0.25) is 17.7 Å². The summed E-state index contributed by atoms with van der Waals surface area (Å²) in [5, 5.41) is 2.66. The number of oxazole rings is 1. The van der Waals surface area contributed by atoms with Crippen molar-refractivity contribution >= 4 is 28.8 Å². The normalized spacial score (nSPS) is 11.4. The summed E-state index contributed by atoms with van der Waals surface area (Å²) in [6, 6.07) is 9.12. The highest BCUT2D eigenvalue weighted by atomic mass is 19.1. The average Bonchev–Trinajstić information content (AvgIpc) is 3.55. The van der Waals surface area contributed by atoms with Crippen LogP contribution in [0.2, 0.25) is 0 Å². The van der Waals surface area contributed by atoms with Gasteiger partial charge >= 0.3 is 0 Å². The van der Waals surface area contributed by atoms with E-state index in [1.807, 2.05) is 0 Å². The van der Waals surface area contributed by atoms with Crippen molar-refractivity contribution in [2.75, 3.05) is 20.6 Å². The van der Waals surface area contributed by atoms with Crippen LogP contribution in [0.1, 0.15) is 30.0 Å². The summed E-state index contributed by atoms with van der Waals surface area (Å²) in [7, 11) is 3.09.